The number of aromatic hydroxyl groups is 1. The van der Waals surface area contributed by atoms with Crippen LogP contribution in [-0.2, 0) is 19.2 Å². The number of anilines is 2. The van der Waals surface area contributed by atoms with E-state index >= 15 is 0 Å². The van der Waals surface area contributed by atoms with E-state index in [9.17, 15) is 38.8 Å². The van der Waals surface area contributed by atoms with E-state index in [0.29, 0.717) is 5.57 Å². The fraction of sp³-hybridized carbons (Fsp3) is 0.273. The Hall–Kier alpha value is -4.81. The number of phenolic OH excluding ortho intramolecular Hbond substituents is 1. The first-order valence-corrected chi connectivity index (χ1v) is 15.3. The maximum Gasteiger partial charge on any atom is 0.271 e. The molecule has 2 aliphatic heterocycles. The molecule has 1 N–H and O–H groups in total. The van der Waals surface area contributed by atoms with Crippen LogP contribution in [0, 0.1) is 33.7 Å². The number of rotatable bonds is 5. The van der Waals surface area contributed by atoms with Crippen LogP contribution in [0.5, 0.6) is 11.5 Å². The third-order valence-electron chi connectivity index (χ3n) is 9.76. The summed E-state index contributed by atoms with van der Waals surface area (Å²) in [6.07, 6.45) is 1.40. The van der Waals surface area contributed by atoms with Gasteiger partial charge in [0.1, 0.15) is 5.82 Å². The number of carbonyl (C=O) groups is 4. The van der Waals surface area contributed by atoms with Gasteiger partial charge in [-0.15, -0.1) is 23.2 Å². The smallest absolute Gasteiger partial charge is 0.271 e. The molecule has 4 amide bonds. The number of nitro benzene ring substituents is 1. The van der Waals surface area contributed by atoms with Crippen molar-refractivity contribution in [3.8, 4) is 11.5 Å². The van der Waals surface area contributed by atoms with E-state index in [1.165, 1.54) is 49.6 Å². The molecule has 3 aromatic rings. The molecule has 4 aliphatic rings. The molecule has 0 aromatic heterocycles. The fourth-order valence-corrected chi connectivity index (χ4v) is 8.61. The number of imide groups is 2. The van der Waals surface area contributed by atoms with Crippen LogP contribution in [0.4, 0.5) is 21.5 Å². The SMILES string of the molecule is COc1cccc(C2C3=CCC4C(=O)N(c5cccc([N+](=O)[O-])c5)C(=O)C4C3CC3(Cl)C(=O)N(c4ccc(F)cc4)C(=O)C23Cl)c1O. The molecule has 2 saturated heterocycles. The van der Waals surface area contributed by atoms with Gasteiger partial charge in [0.05, 0.1) is 35.2 Å². The van der Waals surface area contributed by atoms with E-state index < -0.39 is 67.8 Å². The van der Waals surface area contributed by atoms with Crippen LogP contribution in [-0.4, -0.2) is 50.5 Å². The van der Waals surface area contributed by atoms with Gasteiger partial charge >= 0.3 is 0 Å². The van der Waals surface area contributed by atoms with Gasteiger partial charge in [0.2, 0.25) is 11.8 Å². The lowest BCUT2D eigenvalue weighted by Crippen LogP contribution is -2.60. The van der Waals surface area contributed by atoms with Crippen molar-refractivity contribution >= 4 is 63.9 Å². The molecule has 0 spiro atoms. The van der Waals surface area contributed by atoms with Crippen LogP contribution in [0.2, 0.25) is 0 Å². The average molecular weight is 680 g/mol. The molecular formula is C33H24Cl2FN3O8. The third kappa shape index (κ3) is 4.10. The first-order chi connectivity index (χ1) is 22.3. The standard InChI is InChI=1S/C33H24Cl2FN3O8/c1-47-24-7-3-6-22(27(24)40)26-20-12-13-21-25(29(42)37(28(21)41)18-4-2-5-19(14-18)39(45)46)23(20)15-32(34)30(43)38(31(44)33(26,32)35)17-10-8-16(36)9-11-17/h2-12,14,21,23,25-26,40H,13,15H2,1H3. The number of nitrogens with zero attached hydrogens (tertiary/aromatic N) is 3. The quantitative estimate of drug-likeness (QED) is 0.127. The lowest BCUT2D eigenvalue weighted by Gasteiger charge is -2.50. The number of amides is 4. The molecule has 6 unspecified atom stereocenters. The molecule has 7 rings (SSSR count). The fourth-order valence-electron chi connectivity index (χ4n) is 7.68. The van der Waals surface area contributed by atoms with Crippen molar-refractivity contribution in [2.24, 2.45) is 17.8 Å². The van der Waals surface area contributed by atoms with Crippen LogP contribution < -0.4 is 14.5 Å². The molecule has 2 aliphatic carbocycles. The molecule has 6 atom stereocenters. The highest BCUT2D eigenvalue weighted by molar-refractivity contribution is 6.58. The molecule has 3 fully saturated rings. The van der Waals surface area contributed by atoms with Crippen LogP contribution in [0.25, 0.3) is 0 Å². The number of alkyl halides is 2. The van der Waals surface area contributed by atoms with E-state index in [0.717, 1.165) is 28.0 Å². The summed E-state index contributed by atoms with van der Waals surface area (Å²) in [5, 5.41) is 22.8. The number of phenols is 1. The van der Waals surface area contributed by atoms with Gasteiger partial charge in [-0.2, -0.15) is 0 Å². The lowest BCUT2D eigenvalue weighted by atomic mass is 9.56. The number of methoxy groups -OCH3 is 1. The molecule has 11 nitrogen and oxygen atoms in total. The van der Waals surface area contributed by atoms with Crippen molar-refractivity contribution in [3.05, 3.63) is 99.9 Å². The molecule has 14 heteroatoms. The number of ether oxygens (including phenoxy) is 1. The summed E-state index contributed by atoms with van der Waals surface area (Å²) in [4.78, 5) is 64.8. The molecule has 0 bridgehead atoms. The molecule has 47 heavy (non-hydrogen) atoms. The minimum atomic E-state index is -2.25. The van der Waals surface area contributed by atoms with Gasteiger partial charge in [-0.3, -0.25) is 29.3 Å². The largest absolute Gasteiger partial charge is 0.504 e. The number of allylic oxidation sites excluding steroid dienone is 2. The second-order valence-corrected chi connectivity index (χ2v) is 13.2. The van der Waals surface area contributed by atoms with Crippen molar-refractivity contribution in [2.45, 2.75) is 28.5 Å². The van der Waals surface area contributed by atoms with Crippen molar-refractivity contribution in [1.29, 1.82) is 0 Å². The minimum absolute atomic E-state index is 0.0169. The van der Waals surface area contributed by atoms with Crippen molar-refractivity contribution in [3.63, 3.8) is 0 Å². The number of non-ortho nitro benzene ring substituents is 1. The van der Waals surface area contributed by atoms with Crippen molar-refractivity contribution < 1.29 is 38.3 Å². The van der Waals surface area contributed by atoms with Gasteiger partial charge in [-0.1, -0.05) is 29.8 Å². The van der Waals surface area contributed by atoms with Crippen LogP contribution in [0.1, 0.15) is 24.3 Å². The Labute approximate surface area is 276 Å². The number of fused-ring (bicyclic) bond motifs is 4. The maximum absolute atomic E-state index is 14.4. The summed E-state index contributed by atoms with van der Waals surface area (Å²) in [7, 11) is 1.33. The highest BCUT2D eigenvalue weighted by Crippen LogP contribution is 2.66. The zero-order valence-corrected chi connectivity index (χ0v) is 25.9. The van der Waals surface area contributed by atoms with Crippen LogP contribution in [0.15, 0.2) is 78.4 Å². The van der Waals surface area contributed by atoms with Gasteiger partial charge in [-0.05, 0) is 55.2 Å². The second-order valence-electron chi connectivity index (χ2n) is 11.9. The van der Waals surface area contributed by atoms with Crippen LogP contribution >= 0.6 is 23.2 Å². The molecule has 3 aromatic carbocycles. The van der Waals surface area contributed by atoms with Gasteiger partial charge in [-0.25, -0.2) is 14.2 Å². The van der Waals surface area contributed by atoms with Gasteiger partial charge in [0.25, 0.3) is 17.5 Å². The number of carbonyl (C=O) groups excluding carboxylic acids is 4. The molecule has 1 saturated carbocycles. The van der Waals surface area contributed by atoms with E-state index in [2.05, 4.69) is 0 Å². The number of halogens is 3. The summed E-state index contributed by atoms with van der Waals surface area (Å²) in [5.74, 6) is -8.15. The molecular weight excluding hydrogens is 656 g/mol. The van der Waals surface area contributed by atoms with Gasteiger partial charge < -0.3 is 9.84 Å². The zero-order valence-electron chi connectivity index (χ0n) is 24.4. The van der Waals surface area contributed by atoms with E-state index in [1.807, 2.05) is 0 Å². The molecule has 2 heterocycles. The average Bonchev–Trinajstić information content (AvgIpc) is 3.39. The minimum Gasteiger partial charge on any atom is -0.504 e. The Bertz CT molecular complexity index is 1950. The first-order valence-electron chi connectivity index (χ1n) is 14.6. The Morgan fingerprint density at radius 1 is 0.936 bits per heavy atom. The normalized spacial score (nSPS) is 29.7. The summed E-state index contributed by atoms with van der Waals surface area (Å²) in [6.45, 7) is 0. The number of benzene rings is 3. The Balaban J connectivity index is 1.40. The summed E-state index contributed by atoms with van der Waals surface area (Å²) in [5.41, 5.74) is 0.247. The zero-order chi connectivity index (χ0) is 33.6. The molecule has 0 radical (unpaired) electrons. The van der Waals surface area contributed by atoms with E-state index in [1.54, 1.807) is 12.1 Å². The van der Waals surface area contributed by atoms with Gasteiger partial charge in [0, 0.05) is 23.6 Å². The summed E-state index contributed by atoms with van der Waals surface area (Å²) < 4.78 is 19.2. The first kappa shape index (κ1) is 30.8. The Kier molecular flexibility index (Phi) is 6.96. The predicted octanol–water partition coefficient (Wildman–Crippen LogP) is 5.22. The highest BCUT2D eigenvalue weighted by Gasteiger charge is 2.77. The van der Waals surface area contributed by atoms with Crippen LogP contribution in [0.3, 0.4) is 0 Å². The van der Waals surface area contributed by atoms with Crippen molar-refractivity contribution in [1.82, 2.24) is 0 Å². The summed E-state index contributed by atoms with van der Waals surface area (Å²) >= 11 is 14.6. The lowest BCUT2D eigenvalue weighted by molar-refractivity contribution is -0.384. The topological polar surface area (TPSA) is 147 Å². The van der Waals surface area contributed by atoms with Crippen molar-refractivity contribution in [2.75, 3.05) is 16.9 Å². The maximum atomic E-state index is 14.4. The number of para-hydroxylation sites is 1. The Morgan fingerprint density at radius 3 is 2.32 bits per heavy atom. The third-order valence-corrected chi connectivity index (χ3v) is 11.2. The van der Waals surface area contributed by atoms with E-state index in [4.69, 9.17) is 27.9 Å². The second kappa shape index (κ2) is 10.6. The summed E-state index contributed by atoms with van der Waals surface area (Å²) in [6, 6.07) is 14.3. The number of hydrogen-bond donors (Lipinski definition) is 1. The highest BCUT2D eigenvalue weighted by atomic mass is 35.5. The Morgan fingerprint density at radius 2 is 1.64 bits per heavy atom. The van der Waals surface area contributed by atoms with Gasteiger partial charge in [0.15, 0.2) is 21.2 Å². The monoisotopic (exact) mass is 679 g/mol. The number of hydrogen-bond acceptors (Lipinski definition) is 8. The molecule has 240 valence electrons. The predicted molar refractivity (Wildman–Crippen MR) is 167 cm³/mol. The van der Waals surface area contributed by atoms with E-state index in [-0.39, 0.29) is 47.0 Å². The number of nitro groups is 1.